The Balaban J connectivity index is 1.67. The summed E-state index contributed by atoms with van der Waals surface area (Å²) in [7, 11) is 0. The van der Waals surface area contributed by atoms with Crippen molar-refractivity contribution in [1.82, 2.24) is 24.9 Å². The number of anilines is 1. The number of aromatic amines is 1. The third-order valence-corrected chi connectivity index (χ3v) is 5.08. The molecule has 4 aromatic rings. The molecule has 6 nitrogen and oxygen atoms in total. The van der Waals surface area contributed by atoms with E-state index in [2.05, 4.69) is 67.9 Å². The highest BCUT2D eigenvalue weighted by molar-refractivity contribution is 5.78. The number of nitrogens with zero attached hydrogens (tertiary/aromatic N) is 5. The molecular weight excluding hydrogens is 360 g/mol. The topological polar surface area (TPSA) is 70.6 Å². The minimum atomic E-state index is 0.756. The summed E-state index contributed by atoms with van der Waals surface area (Å²) in [6, 6.07) is 10.7. The van der Waals surface area contributed by atoms with E-state index in [1.165, 1.54) is 11.1 Å². The zero-order valence-corrected chi connectivity index (χ0v) is 17.4. The quantitative estimate of drug-likeness (QED) is 0.517. The van der Waals surface area contributed by atoms with Gasteiger partial charge in [-0.3, -0.25) is 0 Å². The molecule has 1 N–H and O–H groups in total. The van der Waals surface area contributed by atoms with Crippen LogP contribution in [0, 0.1) is 20.8 Å². The first-order valence-corrected chi connectivity index (χ1v) is 10.0. The lowest BCUT2D eigenvalue weighted by Crippen LogP contribution is -2.25. The molecule has 3 aromatic heterocycles. The maximum atomic E-state index is 4.63. The van der Waals surface area contributed by atoms with Crippen LogP contribution < -0.4 is 4.90 Å². The second kappa shape index (κ2) is 7.99. The maximum Gasteiger partial charge on any atom is 0.177 e. The van der Waals surface area contributed by atoms with Crippen molar-refractivity contribution in [2.45, 2.75) is 40.7 Å². The lowest BCUT2D eigenvalue weighted by molar-refractivity contribution is 0.747. The van der Waals surface area contributed by atoms with Crippen molar-refractivity contribution < 1.29 is 0 Å². The van der Waals surface area contributed by atoms with Gasteiger partial charge in [0, 0.05) is 31.0 Å². The predicted molar refractivity (Wildman–Crippen MR) is 117 cm³/mol. The molecule has 6 heteroatoms. The molecule has 0 unspecified atom stereocenters. The molecule has 1 aromatic carbocycles. The smallest absolute Gasteiger partial charge is 0.177 e. The molecule has 0 atom stereocenters. The van der Waals surface area contributed by atoms with Crippen molar-refractivity contribution in [3.63, 3.8) is 0 Å². The summed E-state index contributed by atoms with van der Waals surface area (Å²) in [6.45, 7) is 9.98. The van der Waals surface area contributed by atoms with E-state index in [0.717, 1.165) is 59.3 Å². The van der Waals surface area contributed by atoms with Gasteiger partial charge in [-0.2, -0.15) is 0 Å². The zero-order chi connectivity index (χ0) is 20.4. The van der Waals surface area contributed by atoms with E-state index in [1.54, 1.807) is 0 Å². The Bertz CT molecular complexity index is 1150. The fourth-order valence-corrected chi connectivity index (χ4v) is 3.57. The molecule has 0 spiro atoms. The van der Waals surface area contributed by atoms with Gasteiger partial charge in [0.05, 0.1) is 5.52 Å². The van der Waals surface area contributed by atoms with Crippen molar-refractivity contribution in [2.24, 2.45) is 0 Å². The lowest BCUT2D eigenvalue weighted by Gasteiger charge is -2.24. The Hall–Kier alpha value is -3.28. The van der Waals surface area contributed by atoms with Crippen molar-refractivity contribution in [3.8, 4) is 11.1 Å². The van der Waals surface area contributed by atoms with E-state index in [0.29, 0.717) is 0 Å². The number of rotatable bonds is 6. The molecule has 0 aliphatic carbocycles. The van der Waals surface area contributed by atoms with Gasteiger partial charge in [0.2, 0.25) is 0 Å². The highest BCUT2D eigenvalue weighted by Gasteiger charge is 2.12. The number of fused-ring (bicyclic) bond motifs is 1. The Kier molecular flexibility index (Phi) is 5.25. The first-order chi connectivity index (χ1) is 14.0. The average molecular weight is 387 g/mol. The van der Waals surface area contributed by atoms with Gasteiger partial charge < -0.3 is 9.88 Å². The second-order valence-corrected chi connectivity index (χ2v) is 7.44. The Morgan fingerprint density at radius 3 is 2.62 bits per heavy atom. The van der Waals surface area contributed by atoms with E-state index in [9.17, 15) is 0 Å². The number of pyridine rings is 1. The molecule has 0 saturated heterocycles. The van der Waals surface area contributed by atoms with Crippen LogP contribution in [0.1, 0.15) is 36.1 Å². The van der Waals surface area contributed by atoms with Gasteiger partial charge in [0.25, 0.3) is 0 Å². The summed E-state index contributed by atoms with van der Waals surface area (Å²) >= 11 is 0. The third kappa shape index (κ3) is 4.11. The molecule has 148 valence electrons. The minimum absolute atomic E-state index is 0.756. The highest BCUT2D eigenvalue weighted by atomic mass is 15.2. The first kappa shape index (κ1) is 19.1. The van der Waals surface area contributed by atoms with Crippen LogP contribution in [-0.4, -0.2) is 31.5 Å². The lowest BCUT2D eigenvalue weighted by atomic mass is 10.00. The van der Waals surface area contributed by atoms with E-state index >= 15 is 0 Å². The highest BCUT2D eigenvalue weighted by Crippen LogP contribution is 2.26. The van der Waals surface area contributed by atoms with Crippen molar-refractivity contribution in [2.75, 3.05) is 11.4 Å². The molecule has 0 saturated carbocycles. The van der Waals surface area contributed by atoms with Gasteiger partial charge in [-0.05, 0) is 62.1 Å². The van der Waals surface area contributed by atoms with Crippen LogP contribution >= 0.6 is 0 Å². The zero-order valence-electron chi connectivity index (χ0n) is 17.4. The molecule has 0 fully saturated rings. The number of nitrogens with one attached hydrogen (secondary N) is 1. The van der Waals surface area contributed by atoms with Gasteiger partial charge in [-0.1, -0.05) is 19.1 Å². The number of imidazole rings is 1. The van der Waals surface area contributed by atoms with E-state index in [-0.39, 0.29) is 0 Å². The number of H-pyrrole nitrogens is 1. The van der Waals surface area contributed by atoms with Crippen molar-refractivity contribution >= 4 is 17.0 Å². The summed E-state index contributed by atoms with van der Waals surface area (Å²) in [5, 5.41) is 0. The normalized spacial score (nSPS) is 11.2. The molecule has 0 radical (unpaired) electrons. The summed E-state index contributed by atoms with van der Waals surface area (Å²) < 4.78 is 0. The van der Waals surface area contributed by atoms with Crippen LogP contribution in [-0.2, 0) is 6.54 Å². The molecule has 0 aliphatic rings. The molecule has 0 amide bonds. The number of hydrogen-bond acceptors (Lipinski definition) is 5. The predicted octanol–water partition coefficient (Wildman–Crippen LogP) is 4.76. The van der Waals surface area contributed by atoms with Gasteiger partial charge in [-0.15, -0.1) is 0 Å². The van der Waals surface area contributed by atoms with E-state index < -0.39 is 0 Å². The summed E-state index contributed by atoms with van der Waals surface area (Å²) in [5.74, 6) is 2.65. The number of aromatic nitrogens is 5. The SMILES string of the molecule is CCCN(Cc1cc(-c2cnc3nc(C)[nH]c3c2)ccc1C)c1ccnc(C)n1. The summed E-state index contributed by atoms with van der Waals surface area (Å²) in [4.78, 5) is 23.4. The average Bonchev–Trinajstić information content (AvgIpc) is 3.08. The number of benzene rings is 1. The third-order valence-electron chi connectivity index (χ3n) is 5.08. The number of hydrogen-bond donors (Lipinski definition) is 1. The van der Waals surface area contributed by atoms with Gasteiger partial charge in [0.1, 0.15) is 17.5 Å². The Morgan fingerprint density at radius 1 is 0.966 bits per heavy atom. The van der Waals surface area contributed by atoms with Crippen LogP contribution in [0.5, 0.6) is 0 Å². The molecular formula is C23H26N6. The van der Waals surface area contributed by atoms with Crippen LogP contribution in [0.15, 0.2) is 42.7 Å². The van der Waals surface area contributed by atoms with E-state index in [1.807, 2.05) is 32.3 Å². The van der Waals surface area contributed by atoms with Crippen LogP contribution in [0.25, 0.3) is 22.3 Å². The van der Waals surface area contributed by atoms with Gasteiger partial charge in [0.15, 0.2) is 5.65 Å². The van der Waals surface area contributed by atoms with Crippen molar-refractivity contribution in [1.29, 1.82) is 0 Å². The second-order valence-electron chi connectivity index (χ2n) is 7.44. The minimum Gasteiger partial charge on any atom is -0.352 e. The van der Waals surface area contributed by atoms with Crippen molar-refractivity contribution in [3.05, 3.63) is 65.5 Å². The first-order valence-electron chi connectivity index (χ1n) is 10.0. The van der Waals surface area contributed by atoms with Crippen LogP contribution in [0.3, 0.4) is 0 Å². The monoisotopic (exact) mass is 386 g/mol. The molecule has 29 heavy (non-hydrogen) atoms. The Morgan fingerprint density at radius 2 is 1.83 bits per heavy atom. The molecule has 3 heterocycles. The van der Waals surface area contributed by atoms with Gasteiger partial charge in [-0.25, -0.2) is 19.9 Å². The molecule has 0 bridgehead atoms. The Labute approximate surface area is 171 Å². The molecule has 4 rings (SSSR count). The van der Waals surface area contributed by atoms with Crippen LogP contribution in [0.4, 0.5) is 5.82 Å². The maximum absolute atomic E-state index is 4.63. The largest absolute Gasteiger partial charge is 0.352 e. The fourth-order valence-electron chi connectivity index (χ4n) is 3.57. The fraction of sp³-hybridized carbons (Fsp3) is 0.304. The number of aryl methyl sites for hydroxylation is 3. The van der Waals surface area contributed by atoms with E-state index in [4.69, 9.17) is 0 Å². The van der Waals surface area contributed by atoms with Crippen LogP contribution in [0.2, 0.25) is 0 Å². The van der Waals surface area contributed by atoms with Gasteiger partial charge >= 0.3 is 0 Å². The summed E-state index contributed by atoms with van der Waals surface area (Å²) in [6.07, 6.45) is 4.78. The molecule has 0 aliphatic heterocycles. The standard InChI is InChI=1S/C23H26N6/c1-5-10-29(22-8-9-24-16(3)27-22)14-20-11-18(7-6-15(20)2)19-12-21-23(25-13-19)28-17(4)26-21/h6-9,11-13H,5,10,14H2,1-4H3,(H,25,26,28). The summed E-state index contributed by atoms with van der Waals surface area (Å²) in [5.41, 5.74) is 6.52.